The lowest BCUT2D eigenvalue weighted by molar-refractivity contribution is -0.135. The Hall–Kier alpha value is -1.56. The van der Waals surface area contributed by atoms with Crippen molar-refractivity contribution in [1.82, 2.24) is 14.7 Å². The maximum absolute atomic E-state index is 12.5. The predicted molar refractivity (Wildman–Crippen MR) is 92.3 cm³/mol. The van der Waals surface area contributed by atoms with Crippen molar-refractivity contribution >= 4 is 30.7 Å². The van der Waals surface area contributed by atoms with Crippen molar-refractivity contribution in [3.8, 4) is 0 Å². The average molecular weight is 345 g/mol. The molecule has 5 nitrogen and oxygen atoms in total. The van der Waals surface area contributed by atoms with E-state index in [1.54, 1.807) is 29.7 Å². The minimum absolute atomic E-state index is 0. The van der Waals surface area contributed by atoms with Crippen LogP contribution in [0.4, 0.5) is 0 Å². The van der Waals surface area contributed by atoms with Crippen LogP contribution in [0.5, 0.6) is 0 Å². The predicted octanol–water partition coefficient (Wildman–Crippen LogP) is 2.06. The molecule has 0 aliphatic rings. The molecule has 2 N–H and O–H groups in total. The zero-order valence-corrected chi connectivity index (χ0v) is 14.3. The van der Waals surface area contributed by atoms with Crippen LogP contribution in [0.3, 0.4) is 0 Å². The largest absolute Gasteiger partial charge is 0.342 e. The number of carbonyl (C=O) groups is 1. The van der Waals surface area contributed by atoms with Crippen LogP contribution in [0, 0.1) is 0 Å². The van der Waals surface area contributed by atoms with Gasteiger partial charge in [-0.3, -0.25) is 9.48 Å². The van der Waals surface area contributed by atoms with E-state index in [9.17, 15) is 4.79 Å². The number of likely N-dealkylation sites (N-methyl/N-ethyl adjacent to an activating group) is 1. The summed E-state index contributed by atoms with van der Waals surface area (Å²) >= 11 is 0. The van der Waals surface area contributed by atoms with E-state index in [0.717, 1.165) is 5.56 Å². The lowest BCUT2D eigenvalue weighted by Crippen LogP contribution is -2.50. The van der Waals surface area contributed by atoms with Gasteiger partial charge in [0.15, 0.2) is 0 Å². The SMILES string of the molecule is CN(CCn1cccn1)C(=O)C(C)(N)c1ccccc1.Cl.Cl. The number of halogens is 2. The number of rotatable bonds is 5. The highest BCUT2D eigenvalue weighted by Crippen LogP contribution is 2.19. The third-order valence-electron chi connectivity index (χ3n) is 3.39. The molecule has 0 radical (unpaired) electrons. The van der Waals surface area contributed by atoms with Gasteiger partial charge in [0.25, 0.3) is 0 Å². The summed E-state index contributed by atoms with van der Waals surface area (Å²) in [5.74, 6) is -0.101. The third-order valence-corrected chi connectivity index (χ3v) is 3.39. The van der Waals surface area contributed by atoms with Crippen molar-refractivity contribution in [3.05, 3.63) is 54.4 Å². The maximum Gasteiger partial charge on any atom is 0.246 e. The smallest absolute Gasteiger partial charge is 0.246 e. The van der Waals surface area contributed by atoms with Crippen LogP contribution < -0.4 is 5.73 Å². The number of nitrogens with two attached hydrogens (primary N) is 1. The summed E-state index contributed by atoms with van der Waals surface area (Å²) < 4.78 is 1.79. The molecule has 2 rings (SSSR count). The van der Waals surface area contributed by atoms with E-state index in [4.69, 9.17) is 5.73 Å². The number of hydrogen-bond acceptors (Lipinski definition) is 3. The first kappa shape index (κ1) is 20.4. The van der Waals surface area contributed by atoms with Crippen LogP contribution in [0.25, 0.3) is 0 Å². The van der Waals surface area contributed by atoms with Gasteiger partial charge in [0.2, 0.25) is 5.91 Å². The molecule has 0 aliphatic carbocycles. The molecule has 1 amide bonds. The third kappa shape index (κ3) is 4.73. The second-order valence-electron chi connectivity index (χ2n) is 5.06. The Bertz CT molecular complexity index is 558. The Labute approximate surface area is 143 Å². The summed E-state index contributed by atoms with van der Waals surface area (Å²) in [6.45, 7) is 2.97. The van der Waals surface area contributed by atoms with E-state index in [0.29, 0.717) is 13.1 Å². The summed E-state index contributed by atoms with van der Waals surface area (Å²) in [6, 6.07) is 11.3. The van der Waals surface area contributed by atoms with Crippen LogP contribution in [0.15, 0.2) is 48.8 Å². The van der Waals surface area contributed by atoms with Crippen LogP contribution in [-0.2, 0) is 16.9 Å². The van der Waals surface area contributed by atoms with E-state index in [2.05, 4.69) is 5.10 Å². The molecule has 1 aromatic heterocycles. The van der Waals surface area contributed by atoms with Crippen molar-refractivity contribution in [2.24, 2.45) is 5.73 Å². The number of benzene rings is 1. The molecule has 0 fully saturated rings. The molecule has 1 aromatic carbocycles. The molecule has 1 unspecified atom stereocenters. The quantitative estimate of drug-likeness (QED) is 0.902. The van der Waals surface area contributed by atoms with Gasteiger partial charge in [-0.1, -0.05) is 30.3 Å². The maximum atomic E-state index is 12.5. The molecule has 22 heavy (non-hydrogen) atoms. The fourth-order valence-corrected chi connectivity index (χ4v) is 2.09. The number of nitrogens with zero attached hydrogens (tertiary/aromatic N) is 3. The van der Waals surface area contributed by atoms with Crippen LogP contribution >= 0.6 is 24.8 Å². The second kappa shape index (κ2) is 8.78. The van der Waals surface area contributed by atoms with Crippen LogP contribution in [-0.4, -0.2) is 34.2 Å². The molecule has 122 valence electrons. The van der Waals surface area contributed by atoms with Crippen LogP contribution in [0.2, 0.25) is 0 Å². The molecule has 2 aromatic rings. The van der Waals surface area contributed by atoms with Crippen molar-refractivity contribution in [2.75, 3.05) is 13.6 Å². The normalized spacial score (nSPS) is 12.5. The van der Waals surface area contributed by atoms with Crippen molar-refractivity contribution in [1.29, 1.82) is 0 Å². The van der Waals surface area contributed by atoms with E-state index >= 15 is 0 Å². The Morgan fingerprint density at radius 1 is 1.27 bits per heavy atom. The molecule has 0 aliphatic heterocycles. The van der Waals surface area contributed by atoms with E-state index in [1.807, 2.05) is 42.6 Å². The average Bonchev–Trinajstić information content (AvgIpc) is 2.98. The van der Waals surface area contributed by atoms with Gasteiger partial charge in [-0.2, -0.15) is 5.10 Å². The molecule has 1 atom stereocenters. The lowest BCUT2D eigenvalue weighted by atomic mass is 9.92. The Kier molecular flexibility index (Phi) is 8.16. The number of hydrogen-bond donors (Lipinski definition) is 1. The molecule has 0 saturated heterocycles. The molecule has 0 saturated carbocycles. The molecular formula is C15H22Cl2N4O. The van der Waals surface area contributed by atoms with Gasteiger partial charge in [0.1, 0.15) is 5.54 Å². The fraction of sp³-hybridized carbons (Fsp3) is 0.333. The van der Waals surface area contributed by atoms with E-state index < -0.39 is 5.54 Å². The highest BCUT2D eigenvalue weighted by molar-refractivity contribution is 5.87. The first-order valence-corrected chi connectivity index (χ1v) is 6.59. The van der Waals surface area contributed by atoms with Crippen molar-refractivity contribution in [2.45, 2.75) is 19.0 Å². The summed E-state index contributed by atoms with van der Waals surface area (Å²) in [6.07, 6.45) is 3.59. The zero-order chi connectivity index (χ0) is 14.6. The van der Waals surface area contributed by atoms with Crippen molar-refractivity contribution < 1.29 is 4.79 Å². The monoisotopic (exact) mass is 344 g/mol. The topological polar surface area (TPSA) is 64.2 Å². The Morgan fingerprint density at radius 3 is 2.45 bits per heavy atom. The van der Waals surface area contributed by atoms with Gasteiger partial charge in [0, 0.05) is 26.0 Å². The lowest BCUT2D eigenvalue weighted by Gasteiger charge is -2.29. The summed E-state index contributed by atoms with van der Waals surface area (Å²) in [7, 11) is 1.76. The van der Waals surface area contributed by atoms with Gasteiger partial charge in [-0.05, 0) is 18.6 Å². The summed E-state index contributed by atoms with van der Waals surface area (Å²) in [4.78, 5) is 14.1. The first-order valence-electron chi connectivity index (χ1n) is 6.59. The molecule has 1 heterocycles. The highest BCUT2D eigenvalue weighted by Gasteiger charge is 2.32. The summed E-state index contributed by atoms with van der Waals surface area (Å²) in [5, 5.41) is 4.12. The van der Waals surface area contributed by atoms with Gasteiger partial charge >= 0.3 is 0 Å². The molecule has 0 spiro atoms. The van der Waals surface area contributed by atoms with Gasteiger partial charge < -0.3 is 10.6 Å². The Balaban J connectivity index is 0.00000220. The number of amides is 1. The van der Waals surface area contributed by atoms with E-state index in [1.165, 1.54) is 0 Å². The van der Waals surface area contributed by atoms with E-state index in [-0.39, 0.29) is 30.7 Å². The number of aromatic nitrogens is 2. The molecular weight excluding hydrogens is 323 g/mol. The van der Waals surface area contributed by atoms with Crippen LogP contribution in [0.1, 0.15) is 12.5 Å². The van der Waals surface area contributed by atoms with Gasteiger partial charge in [-0.25, -0.2) is 0 Å². The Morgan fingerprint density at radius 2 is 1.91 bits per heavy atom. The van der Waals surface area contributed by atoms with Gasteiger partial charge in [0.05, 0.1) is 6.54 Å². The minimum Gasteiger partial charge on any atom is -0.342 e. The summed E-state index contributed by atoms with van der Waals surface area (Å²) in [5.41, 5.74) is 6.02. The van der Waals surface area contributed by atoms with Gasteiger partial charge in [-0.15, -0.1) is 24.8 Å². The molecule has 0 bridgehead atoms. The highest BCUT2D eigenvalue weighted by atomic mass is 35.5. The number of carbonyl (C=O) groups excluding carboxylic acids is 1. The standard InChI is InChI=1S/C15H20N4O.2ClH/c1-15(16,13-7-4-3-5-8-13)14(20)18(2)11-12-19-10-6-9-17-19;;/h3-10H,11-12,16H2,1-2H3;2*1H. The second-order valence-corrected chi connectivity index (χ2v) is 5.06. The fourth-order valence-electron chi connectivity index (χ4n) is 2.09. The zero-order valence-electron chi connectivity index (χ0n) is 12.7. The molecule has 7 heteroatoms. The van der Waals surface area contributed by atoms with Crippen molar-refractivity contribution in [3.63, 3.8) is 0 Å². The first-order chi connectivity index (χ1) is 9.51. The minimum atomic E-state index is -1.01.